The summed E-state index contributed by atoms with van der Waals surface area (Å²) in [6.45, 7) is 3.95. The van der Waals surface area contributed by atoms with E-state index in [4.69, 9.17) is 15.2 Å². The maximum atomic E-state index is 14.0. The van der Waals surface area contributed by atoms with Gasteiger partial charge in [0.2, 0.25) is 0 Å². The molecule has 0 heterocycles. The lowest BCUT2D eigenvalue weighted by molar-refractivity contribution is 0.350. The second-order valence-corrected chi connectivity index (χ2v) is 4.68. The van der Waals surface area contributed by atoms with Crippen LogP contribution in [0, 0.1) is 5.82 Å². The van der Waals surface area contributed by atoms with Gasteiger partial charge in [-0.15, -0.1) is 0 Å². The molecule has 0 aliphatic carbocycles. The van der Waals surface area contributed by atoms with E-state index in [0.717, 1.165) is 12.8 Å². The maximum Gasteiger partial charge on any atom is 0.163 e. The van der Waals surface area contributed by atoms with Crippen molar-refractivity contribution in [2.24, 2.45) is 5.73 Å². The molecule has 2 atom stereocenters. The molecule has 0 aliphatic rings. The number of ether oxygens (including phenoxy) is 2. The van der Waals surface area contributed by atoms with Gasteiger partial charge in [0.25, 0.3) is 0 Å². The summed E-state index contributed by atoms with van der Waals surface area (Å²) in [4.78, 5) is 0. The molecule has 0 saturated carbocycles. The van der Waals surface area contributed by atoms with Crippen LogP contribution in [0.4, 0.5) is 4.39 Å². The van der Waals surface area contributed by atoms with Gasteiger partial charge in [0.1, 0.15) is 5.82 Å². The Morgan fingerprint density at radius 1 is 1.11 bits per heavy atom. The Morgan fingerprint density at radius 3 is 2.17 bits per heavy atom. The fourth-order valence-corrected chi connectivity index (χ4v) is 1.92. The minimum atomic E-state index is -0.259. The molecule has 0 amide bonds. The van der Waals surface area contributed by atoms with Crippen molar-refractivity contribution in [2.45, 2.75) is 38.6 Å². The second-order valence-electron chi connectivity index (χ2n) is 4.68. The smallest absolute Gasteiger partial charge is 0.163 e. The maximum absolute atomic E-state index is 14.0. The molecule has 0 saturated heterocycles. The number of hydrogen-bond acceptors (Lipinski definition) is 3. The molecule has 0 spiro atoms. The summed E-state index contributed by atoms with van der Waals surface area (Å²) in [5.74, 6) is 0.820. The summed E-state index contributed by atoms with van der Waals surface area (Å²) in [6, 6.07) is 3.21. The van der Waals surface area contributed by atoms with E-state index in [9.17, 15) is 4.39 Å². The normalized spacial score (nSPS) is 14.1. The molecule has 2 N–H and O–H groups in total. The minimum absolute atomic E-state index is 0.107. The monoisotopic (exact) mass is 255 g/mol. The third kappa shape index (κ3) is 3.60. The number of methoxy groups -OCH3 is 2. The summed E-state index contributed by atoms with van der Waals surface area (Å²) in [7, 11) is 3.04. The lowest BCUT2D eigenvalue weighted by Gasteiger charge is -2.17. The fraction of sp³-hybridized carbons (Fsp3) is 0.571. The lowest BCUT2D eigenvalue weighted by Crippen LogP contribution is -2.15. The summed E-state index contributed by atoms with van der Waals surface area (Å²) >= 11 is 0. The molecule has 3 nitrogen and oxygen atoms in total. The highest BCUT2D eigenvalue weighted by molar-refractivity contribution is 5.44. The van der Waals surface area contributed by atoms with Crippen LogP contribution in [0.5, 0.6) is 11.5 Å². The van der Waals surface area contributed by atoms with E-state index in [-0.39, 0.29) is 17.8 Å². The first-order valence-corrected chi connectivity index (χ1v) is 6.16. The van der Waals surface area contributed by atoms with Crippen molar-refractivity contribution in [3.63, 3.8) is 0 Å². The molecule has 102 valence electrons. The number of benzene rings is 1. The van der Waals surface area contributed by atoms with Crippen LogP contribution in [-0.2, 0) is 0 Å². The van der Waals surface area contributed by atoms with E-state index < -0.39 is 0 Å². The van der Waals surface area contributed by atoms with Crippen LogP contribution in [0.25, 0.3) is 0 Å². The van der Waals surface area contributed by atoms with Crippen LogP contribution in [0.1, 0.15) is 38.2 Å². The van der Waals surface area contributed by atoms with Gasteiger partial charge in [-0.2, -0.15) is 0 Å². The molecule has 0 radical (unpaired) electrons. The Kier molecular flexibility index (Phi) is 5.41. The summed E-state index contributed by atoms with van der Waals surface area (Å²) in [6.07, 6.45) is 1.72. The molecule has 1 aromatic carbocycles. The molecular weight excluding hydrogens is 233 g/mol. The summed E-state index contributed by atoms with van der Waals surface area (Å²) in [5.41, 5.74) is 6.37. The van der Waals surface area contributed by atoms with Gasteiger partial charge in [-0.05, 0) is 37.3 Å². The van der Waals surface area contributed by atoms with E-state index in [1.807, 2.05) is 13.8 Å². The van der Waals surface area contributed by atoms with E-state index in [1.165, 1.54) is 13.2 Å². The largest absolute Gasteiger partial charge is 0.493 e. The fourth-order valence-electron chi connectivity index (χ4n) is 1.92. The highest BCUT2D eigenvalue weighted by atomic mass is 19.1. The van der Waals surface area contributed by atoms with Crippen molar-refractivity contribution < 1.29 is 13.9 Å². The van der Waals surface area contributed by atoms with Crippen LogP contribution in [0.15, 0.2) is 12.1 Å². The first-order valence-electron chi connectivity index (χ1n) is 6.16. The van der Waals surface area contributed by atoms with Gasteiger partial charge >= 0.3 is 0 Å². The van der Waals surface area contributed by atoms with Gasteiger partial charge in [0, 0.05) is 12.1 Å². The zero-order valence-corrected chi connectivity index (χ0v) is 11.5. The summed E-state index contributed by atoms with van der Waals surface area (Å²) < 4.78 is 24.2. The van der Waals surface area contributed by atoms with Crippen LogP contribution in [-0.4, -0.2) is 20.3 Å². The quantitative estimate of drug-likeness (QED) is 0.849. The zero-order valence-electron chi connectivity index (χ0n) is 11.5. The van der Waals surface area contributed by atoms with Crippen molar-refractivity contribution in [1.29, 1.82) is 0 Å². The second kappa shape index (κ2) is 6.59. The van der Waals surface area contributed by atoms with Crippen molar-refractivity contribution in [2.75, 3.05) is 14.2 Å². The van der Waals surface area contributed by atoms with Crippen molar-refractivity contribution >= 4 is 0 Å². The molecule has 0 bridgehead atoms. The van der Waals surface area contributed by atoms with Crippen molar-refractivity contribution in [3.05, 3.63) is 23.5 Å². The third-order valence-electron chi connectivity index (χ3n) is 3.09. The van der Waals surface area contributed by atoms with Crippen LogP contribution < -0.4 is 15.2 Å². The first-order chi connectivity index (χ1) is 8.49. The van der Waals surface area contributed by atoms with Crippen molar-refractivity contribution in [1.82, 2.24) is 0 Å². The van der Waals surface area contributed by atoms with E-state index in [1.54, 1.807) is 13.2 Å². The number of nitrogens with two attached hydrogens (primary N) is 1. The average Bonchev–Trinajstić information content (AvgIpc) is 2.35. The van der Waals surface area contributed by atoms with Crippen LogP contribution >= 0.6 is 0 Å². The first kappa shape index (κ1) is 14.8. The van der Waals surface area contributed by atoms with E-state index in [0.29, 0.717) is 17.1 Å². The molecule has 1 aromatic rings. The molecule has 0 aliphatic heterocycles. The SMILES string of the molecule is COc1cc(F)c(C(C)CCC(C)N)cc1OC. The number of hydrogen-bond donors (Lipinski definition) is 1. The Bertz CT molecular complexity index is 394. The summed E-state index contributed by atoms with van der Waals surface area (Å²) in [5, 5.41) is 0. The molecule has 2 unspecified atom stereocenters. The van der Waals surface area contributed by atoms with Gasteiger partial charge in [-0.3, -0.25) is 0 Å². The number of halogens is 1. The molecule has 4 heteroatoms. The molecule has 0 aromatic heterocycles. The molecule has 1 rings (SSSR count). The highest BCUT2D eigenvalue weighted by Crippen LogP contribution is 2.34. The molecule has 18 heavy (non-hydrogen) atoms. The van der Waals surface area contributed by atoms with Crippen LogP contribution in [0.2, 0.25) is 0 Å². The van der Waals surface area contributed by atoms with Gasteiger partial charge in [0.15, 0.2) is 11.5 Å². The predicted octanol–water partition coefficient (Wildman–Crippen LogP) is 3.07. The Balaban J connectivity index is 2.94. The Hall–Kier alpha value is -1.29. The third-order valence-corrected chi connectivity index (χ3v) is 3.09. The molecule has 0 fully saturated rings. The van der Waals surface area contributed by atoms with Gasteiger partial charge < -0.3 is 15.2 Å². The van der Waals surface area contributed by atoms with E-state index >= 15 is 0 Å². The number of rotatable bonds is 6. The standard InChI is InChI=1S/C14H22FNO2/c1-9(5-6-10(2)16)11-7-13(17-3)14(18-4)8-12(11)15/h7-10H,5-6,16H2,1-4H3. The van der Waals surface area contributed by atoms with E-state index in [2.05, 4.69) is 0 Å². The minimum Gasteiger partial charge on any atom is -0.493 e. The Labute approximate surface area is 108 Å². The predicted molar refractivity (Wildman–Crippen MR) is 70.8 cm³/mol. The topological polar surface area (TPSA) is 44.5 Å². The lowest BCUT2D eigenvalue weighted by atomic mass is 9.94. The Morgan fingerprint density at radius 2 is 1.67 bits per heavy atom. The van der Waals surface area contributed by atoms with Gasteiger partial charge in [-0.1, -0.05) is 6.92 Å². The highest BCUT2D eigenvalue weighted by Gasteiger charge is 2.16. The average molecular weight is 255 g/mol. The molecular formula is C14H22FNO2. The van der Waals surface area contributed by atoms with Gasteiger partial charge in [0.05, 0.1) is 14.2 Å². The van der Waals surface area contributed by atoms with Gasteiger partial charge in [-0.25, -0.2) is 4.39 Å². The van der Waals surface area contributed by atoms with Crippen molar-refractivity contribution in [3.8, 4) is 11.5 Å². The van der Waals surface area contributed by atoms with Crippen LogP contribution in [0.3, 0.4) is 0 Å². The zero-order chi connectivity index (χ0) is 13.7.